The highest BCUT2D eigenvalue weighted by Crippen LogP contribution is 2.22. The number of hydrogen-bond acceptors (Lipinski definition) is 4. The molecule has 4 nitrogen and oxygen atoms in total. The Balaban J connectivity index is 1.29. The first-order valence-corrected chi connectivity index (χ1v) is 10.8. The zero-order valence-corrected chi connectivity index (χ0v) is 16.7. The largest absolute Gasteiger partial charge is 0.351 e. The van der Waals surface area contributed by atoms with Crippen LogP contribution in [0.3, 0.4) is 0 Å². The van der Waals surface area contributed by atoms with E-state index >= 15 is 0 Å². The predicted octanol–water partition coefficient (Wildman–Crippen LogP) is 3.58. The standard InChI is InChI=1S/C18H28BrN3OS/c19-17-6-5-16(24-17)18(23)20-9-4-10-21-13-7-15(8-14-21)22-11-2-1-3-12-22/h5-6,15H,1-4,7-14H2,(H,20,23). The number of nitrogens with zero attached hydrogens (tertiary/aromatic N) is 2. The van der Waals surface area contributed by atoms with E-state index in [2.05, 4.69) is 31.0 Å². The van der Waals surface area contributed by atoms with Gasteiger partial charge in [-0.15, -0.1) is 11.3 Å². The Bertz CT molecular complexity index is 522. The fourth-order valence-electron chi connectivity index (χ4n) is 3.82. The van der Waals surface area contributed by atoms with E-state index in [0.717, 1.165) is 34.2 Å². The summed E-state index contributed by atoms with van der Waals surface area (Å²) in [7, 11) is 0. The zero-order valence-electron chi connectivity index (χ0n) is 14.3. The number of thiophene rings is 1. The van der Waals surface area contributed by atoms with Gasteiger partial charge in [-0.25, -0.2) is 0 Å². The van der Waals surface area contributed by atoms with E-state index < -0.39 is 0 Å². The van der Waals surface area contributed by atoms with Gasteiger partial charge in [0.1, 0.15) is 0 Å². The highest BCUT2D eigenvalue weighted by atomic mass is 79.9. The average Bonchev–Trinajstić information content (AvgIpc) is 3.06. The first-order chi connectivity index (χ1) is 11.7. The molecule has 2 fully saturated rings. The number of carbonyl (C=O) groups excluding carboxylic acids is 1. The second-order valence-corrected chi connectivity index (χ2v) is 9.35. The maximum atomic E-state index is 12.0. The lowest BCUT2D eigenvalue weighted by atomic mass is 10.00. The van der Waals surface area contributed by atoms with Crippen LogP contribution in [0.4, 0.5) is 0 Å². The molecule has 0 bridgehead atoms. The van der Waals surface area contributed by atoms with Gasteiger partial charge >= 0.3 is 0 Å². The van der Waals surface area contributed by atoms with Gasteiger partial charge in [0.2, 0.25) is 0 Å². The Morgan fingerprint density at radius 2 is 1.92 bits per heavy atom. The number of amides is 1. The van der Waals surface area contributed by atoms with Gasteiger partial charge in [0.15, 0.2) is 0 Å². The quantitative estimate of drug-likeness (QED) is 0.723. The number of nitrogens with one attached hydrogen (secondary N) is 1. The monoisotopic (exact) mass is 413 g/mol. The van der Waals surface area contributed by atoms with E-state index in [1.807, 2.05) is 12.1 Å². The van der Waals surface area contributed by atoms with Crippen molar-refractivity contribution in [3.05, 3.63) is 20.8 Å². The minimum absolute atomic E-state index is 0.0505. The van der Waals surface area contributed by atoms with Crippen molar-refractivity contribution in [3.8, 4) is 0 Å². The van der Waals surface area contributed by atoms with Crippen LogP contribution in [0.2, 0.25) is 0 Å². The highest BCUT2D eigenvalue weighted by Gasteiger charge is 2.25. The number of hydrogen-bond donors (Lipinski definition) is 1. The lowest BCUT2D eigenvalue weighted by molar-refractivity contribution is 0.0904. The molecule has 24 heavy (non-hydrogen) atoms. The van der Waals surface area contributed by atoms with Crippen LogP contribution in [0.15, 0.2) is 15.9 Å². The second kappa shape index (κ2) is 9.32. The van der Waals surface area contributed by atoms with Crippen LogP contribution in [-0.4, -0.2) is 61.0 Å². The molecule has 2 aliphatic heterocycles. The molecule has 0 spiro atoms. The molecule has 1 aromatic rings. The molecule has 0 aliphatic carbocycles. The Hall–Kier alpha value is -0.430. The van der Waals surface area contributed by atoms with Crippen molar-refractivity contribution in [3.63, 3.8) is 0 Å². The smallest absolute Gasteiger partial charge is 0.261 e. The molecule has 2 aliphatic rings. The number of piperidine rings is 2. The maximum Gasteiger partial charge on any atom is 0.261 e. The van der Waals surface area contributed by atoms with Gasteiger partial charge in [-0.2, -0.15) is 0 Å². The van der Waals surface area contributed by atoms with Gasteiger partial charge in [0.25, 0.3) is 5.91 Å². The summed E-state index contributed by atoms with van der Waals surface area (Å²) in [4.78, 5) is 18.1. The van der Waals surface area contributed by atoms with Crippen molar-refractivity contribution in [1.29, 1.82) is 0 Å². The van der Waals surface area contributed by atoms with Crippen LogP contribution in [0.1, 0.15) is 48.2 Å². The van der Waals surface area contributed by atoms with Crippen LogP contribution < -0.4 is 5.32 Å². The molecule has 0 aromatic carbocycles. The first kappa shape index (κ1) is 18.4. The van der Waals surface area contributed by atoms with Gasteiger partial charge < -0.3 is 15.1 Å². The van der Waals surface area contributed by atoms with Crippen LogP contribution in [0.25, 0.3) is 0 Å². The van der Waals surface area contributed by atoms with Crippen molar-refractivity contribution < 1.29 is 4.79 Å². The molecule has 1 N–H and O–H groups in total. The summed E-state index contributed by atoms with van der Waals surface area (Å²) in [6.45, 7) is 6.92. The topological polar surface area (TPSA) is 35.6 Å². The lowest BCUT2D eigenvalue weighted by Gasteiger charge is -2.40. The molecule has 1 aromatic heterocycles. The average molecular weight is 414 g/mol. The summed E-state index contributed by atoms with van der Waals surface area (Å²) in [5, 5.41) is 3.03. The Labute approximate surface area is 157 Å². The SMILES string of the molecule is O=C(NCCCN1CCC(N2CCCCC2)CC1)c1ccc(Br)s1. The molecule has 0 atom stereocenters. The van der Waals surface area contributed by atoms with E-state index in [1.165, 1.54) is 69.6 Å². The fourth-order valence-corrected chi connectivity index (χ4v) is 5.12. The van der Waals surface area contributed by atoms with Crippen molar-refractivity contribution in [1.82, 2.24) is 15.1 Å². The Morgan fingerprint density at radius 1 is 1.17 bits per heavy atom. The van der Waals surface area contributed by atoms with E-state index in [0.29, 0.717) is 0 Å². The maximum absolute atomic E-state index is 12.0. The van der Waals surface area contributed by atoms with Crippen LogP contribution in [0.5, 0.6) is 0 Å². The summed E-state index contributed by atoms with van der Waals surface area (Å²) in [5.74, 6) is 0.0505. The Kier molecular flexibility index (Phi) is 7.13. The van der Waals surface area contributed by atoms with Crippen molar-refractivity contribution >= 4 is 33.2 Å². The molecule has 2 saturated heterocycles. The van der Waals surface area contributed by atoms with E-state index in [9.17, 15) is 4.79 Å². The van der Waals surface area contributed by atoms with Gasteiger partial charge in [-0.3, -0.25) is 4.79 Å². The predicted molar refractivity (Wildman–Crippen MR) is 104 cm³/mol. The van der Waals surface area contributed by atoms with Crippen LogP contribution in [-0.2, 0) is 0 Å². The van der Waals surface area contributed by atoms with Crippen LogP contribution >= 0.6 is 27.3 Å². The van der Waals surface area contributed by atoms with Crippen molar-refractivity contribution in [2.24, 2.45) is 0 Å². The number of likely N-dealkylation sites (tertiary alicyclic amines) is 2. The minimum Gasteiger partial charge on any atom is -0.351 e. The number of rotatable bonds is 6. The first-order valence-electron chi connectivity index (χ1n) is 9.22. The second-order valence-electron chi connectivity index (χ2n) is 6.88. The Morgan fingerprint density at radius 3 is 2.58 bits per heavy atom. The molecule has 3 rings (SSSR count). The molecule has 134 valence electrons. The van der Waals surface area contributed by atoms with Crippen molar-refractivity contribution in [2.45, 2.75) is 44.6 Å². The number of carbonyl (C=O) groups is 1. The van der Waals surface area contributed by atoms with Gasteiger partial charge in [0, 0.05) is 12.6 Å². The molecule has 6 heteroatoms. The molecule has 1 amide bonds. The summed E-state index contributed by atoms with van der Waals surface area (Å²) in [5.41, 5.74) is 0. The zero-order chi connectivity index (χ0) is 16.8. The van der Waals surface area contributed by atoms with Gasteiger partial charge in [0.05, 0.1) is 8.66 Å². The normalized spacial score (nSPS) is 21.0. The van der Waals surface area contributed by atoms with Gasteiger partial charge in [-0.05, 0) is 92.9 Å². The summed E-state index contributed by atoms with van der Waals surface area (Å²) >= 11 is 4.88. The van der Waals surface area contributed by atoms with Crippen LogP contribution in [0, 0.1) is 0 Å². The summed E-state index contributed by atoms with van der Waals surface area (Å²) in [6.07, 6.45) is 7.86. The summed E-state index contributed by atoms with van der Waals surface area (Å²) < 4.78 is 1.00. The van der Waals surface area contributed by atoms with E-state index in [1.54, 1.807) is 0 Å². The molecule has 0 radical (unpaired) electrons. The fraction of sp³-hybridized carbons (Fsp3) is 0.722. The number of halogens is 1. The lowest BCUT2D eigenvalue weighted by Crippen LogP contribution is -2.47. The molecule has 3 heterocycles. The molecular formula is C18H28BrN3OS. The third-order valence-electron chi connectivity index (χ3n) is 5.20. The summed E-state index contributed by atoms with van der Waals surface area (Å²) in [6, 6.07) is 4.61. The highest BCUT2D eigenvalue weighted by molar-refractivity contribution is 9.11. The third-order valence-corrected chi connectivity index (χ3v) is 6.82. The van der Waals surface area contributed by atoms with Crippen molar-refractivity contribution in [2.75, 3.05) is 39.3 Å². The molecule has 0 unspecified atom stereocenters. The van der Waals surface area contributed by atoms with Gasteiger partial charge in [-0.1, -0.05) is 6.42 Å². The van der Waals surface area contributed by atoms with E-state index in [-0.39, 0.29) is 5.91 Å². The van der Waals surface area contributed by atoms with E-state index in [4.69, 9.17) is 0 Å². The third kappa shape index (κ3) is 5.28. The minimum atomic E-state index is 0.0505. The molecular weight excluding hydrogens is 386 g/mol. The molecule has 0 saturated carbocycles.